The van der Waals surface area contributed by atoms with Gasteiger partial charge in [-0.3, -0.25) is 0 Å². The van der Waals surface area contributed by atoms with Gasteiger partial charge in [0, 0.05) is 0 Å². The average Bonchev–Trinajstić information content (AvgIpc) is 2.20. The first kappa shape index (κ1) is 10.0. The molecule has 1 aromatic rings. The summed E-state index contributed by atoms with van der Waals surface area (Å²) in [5, 5.41) is 18.7. The minimum Gasteiger partial charge on any atom is -0.512 e. The monoisotopic (exact) mass is 208 g/mol. The summed E-state index contributed by atoms with van der Waals surface area (Å²) in [5.41, 5.74) is 0.703. The van der Waals surface area contributed by atoms with Crippen LogP contribution in [0, 0.1) is 0 Å². The van der Waals surface area contributed by atoms with Crippen LogP contribution in [-0.2, 0) is 0 Å². The van der Waals surface area contributed by atoms with Gasteiger partial charge in [0.15, 0.2) is 0 Å². The van der Waals surface area contributed by atoms with Gasteiger partial charge in [0.25, 0.3) is 0 Å². The van der Waals surface area contributed by atoms with Crippen LogP contribution in [0.4, 0.5) is 4.39 Å². The van der Waals surface area contributed by atoms with Gasteiger partial charge in [-0.15, -0.1) is 0 Å². The van der Waals surface area contributed by atoms with Crippen LogP contribution in [0.2, 0.25) is 0 Å². The van der Waals surface area contributed by atoms with Gasteiger partial charge in [0.1, 0.15) is 11.9 Å². The molecular weight excluding hydrogens is 195 g/mol. The molecule has 1 aliphatic carbocycles. The van der Waals surface area contributed by atoms with Crippen LogP contribution in [0.15, 0.2) is 36.1 Å². The molecule has 0 heterocycles. The molecule has 0 aliphatic heterocycles. The molecule has 2 N–H and O–H groups in total. The number of aliphatic hydroxyl groups excluding tert-OH is 1. The highest BCUT2D eigenvalue weighted by Gasteiger charge is 2.29. The lowest BCUT2D eigenvalue weighted by atomic mass is 9.86. The number of alkyl halides is 1. The third-order valence-electron chi connectivity index (χ3n) is 2.73. The van der Waals surface area contributed by atoms with Crippen molar-refractivity contribution in [2.75, 3.05) is 0 Å². The molecule has 0 spiro atoms. The number of aromatic hydroxyl groups is 1. The molecule has 0 bridgehead atoms. The predicted octanol–water partition coefficient (Wildman–Crippen LogP) is 3.05. The van der Waals surface area contributed by atoms with Crippen molar-refractivity contribution in [3.05, 3.63) is 41.7 Å². The van der Waals surface area contributed by atoms with Crippen molar-refractivity contribution in [1.82, 2.24) is 0 Å². The van der Waals surface area contributed by atoms with Gasteiger partial charge in [-0.2, -0.15) is 0 Å². The number of phenols is 1. The molecule has 0 fully saturated rings. The van der Waals surface area contributed by atoms with Crippen LogP contribution in [0.3, 0.4) is 0 Å². The Hall–Kier alpha value is -1.51. The number of rotatable bonds is 1. The van der Waals surface area contributed by atoms with E-state index >= 15 is 0 Å². The second-order valence-corrected chi connectivity index (χ2v) is 3.79. The number of hydrogen-bond donors (Lipinski definition) is 2. The van der Waals surface area contributed by atoms with Crippen molar-refractivity contribution >= 4 is 0 Å². The molecule has 2 rings (SSSR count). The van der Waals surface area contributed by atoms with Crippen LogP contribution in [-0.4, -0.2) is 16.4 Å². The van der Waals surface area contributed by atoms with Crippen molar-refractivity contribution < 1.29 is 14.6 Å². The number of aliphatic hydroxyl groups is 1. The second kappa shape index (κ2) is 3.93. The smallest absolute Gasteiger partial charge is 0.115 e. The van der Waals surface area contributed by atoms with Crippen molar-refractivity contribution in [2.24, 2.45) is 0 Å². The van der Waals surface area contributed by atoms with Gasteiger partial charge in [-0.05, 0) is 36.6 Å². The van der Waals surface area contributed by atoms with Gasteiger partial charge in [-0.25, -0.2) is 4.39 Å². The fourth-order valence-electron chi connectivity index (χ4n) is 1.93. The van der Waals surface area contributed by atoms with Crippen LogP contribution in [0.25, 0.3) is 0 Å². The maximum atomic E-state index is 13.6. The van der Waals surface area contributed by atoms with Crippen molar-refractivity contribution in [3.63, 3.8) is 0 Å². The van der Waals surface area contributed by atoms with Gasteiger partial charge in [0.05, 0.1) is 11.7 Å². The normalized spacial score (nSPS) is 26.1. The van der Waals surface area contributed by atoms with Gasteiger partial charge in [0.2, 0.25) is 0 Å². The van der Waals surface area contributed by atoms with E-state index in [-0.39, 0.29) is 11.5 Å². The summed E-state index contributed by atoms with van der Waals surface area (Å²) < 4.78 is 13.6. The minimum absolute atomic E-state index is 0.0967. The summed E-state index contributed by atoms with van der Waals surface area (Å²) >= 11 is 0. The Labute approximate surface area is 87.7 Å². The fourth-order valence-corrected chi connectivity index (χ4v) is 1.93. The Morgan fingerprint density at radius 3 is 2.40 bits per heavy atom. The van der Waals surface area contributed by atoms with E-state index in [1.54, 1.807) is 18.2 Å². The summed E-state index contributed by atoms with van der Waals surface area (Å²) in [5.74, 6) is -0.327. The number of phenolic OH excluding ortho intramolecular Hbond substituents is 1. The second-order valence-electron chi connectivity index (χ2n) is 3.79. The molecule has 2 unspecified atom stereocenters. The van der Waals surface area contributed by atoms with E-state index in [0.29, 0.717) is 18.4 Å². The first-order chi connectivity index (χ1) is 7.18. The topological polar surface area (TPSA) is 40.5 Å². The molecule has 0 aromatic heterocycles. The highest BCUT2D eigenvalue weighted by atomic mass is 19.1. The lowest BCUT2D eigenvalue weighted by Gasteiger charge is -2.24. The van der Waals surface area contributed by atoms with Gasteiger partial charge >= 0.3 is 0 Å². The van der Waals surface area contributed by atoms with Gasteiger partial charge in [-0.1, -0.05) is 12.1 Å². The Bertz CT molecular complexity index is 370. The average molecular weight is 208 g/mol. The third kappa shape index (κ3) is 1.96. The van der Waals surface area contributed by atoms with E-state index in [9.17, 15) is 9.50 Å². The highest BCUT2D eigenvalue weighted by molar-refractivity contribution is 5.33. The van der Waals surface area contributed by atoms with Crippen LogP contribution >= 0.6 is 0 Å². The molecule has 2 atom stereocenters. The van der Waals surface area contributed by atoms with E-state index in [1.807, 2.05) is 0 Å². The van der Waals surface area contributed by atoms with Crippen LogP contribution in [0.5, 0.6) is 5.75 Å². The molecule has 0 saturated heterocycles. The largest absolute Gasteiger partial charge is 0.512 e. The Morgan fingerprint density at radius 1 is 1.13 bits per heavy atom. The van der Waals surface area contributed by atoms with E-state index in [1.165, 1.54) is 12.1 Å². The fraction of sp³-hybridized carbons (Fsp3) is 0.333. The van der Waals surface area contributed by atoms with E-state index in [2.05, 4.69) is 0 Å². The van der Waals surface area contributed by atoms with E-state index in [0.717, 1.165) is 0 Å². The zero-order valence-corrected chi connectivity index (χ0v) is 8.23. The standard InChI is InChI=1S/C12H13FO2/c13-10-2-1-3-11(15)12(10)8-4-6-9(14)7-5-8/h3-7,10,12,14-15H,1-2H2. The highest BCUT2D eigenvalue weighted by Crippen LogP contribution is 2.35. The maximum absolute atomic E-state index is 13.6. The van der Waals surface area contributed by atoms with Gasteiger partial charge < -0.3 is 10.2 Å². The zero-order chi connectivity index (χ0) is 10.8. The molecule has 2 nitrogen and oxygen atoms in total. The minimum atomic E-state index is -1.04. The number of allylic oxidation sites excluding steroid dienone is 2. The molecule has 0 radical (unpaired) electrons. The Morgan fingerprint density at radius 2 is 1.80 bits per heavy atom. The lowest BCUT2D eigenvalue weighted by Crippen LogP contribution is -2.19. The van der Waals surface area contributed by atoms with Crippen LogP contribution < -0.4 is 0 Å². The number of halogens is 1. The number of hydrogen-bond acceptors (Lipinski definition) is 2. The summed E-state index contributed by atoms with van der Waals surface area (Å²) in [6.07, 6.45) is 1.64. The molecule has 0 saturated carbocycles. The Balaban J connectivity index is 2.32. The first-order valence-corrected chi connectivity index (χ1v) is 5.00. The summed E-state index contributed by atoms with van der Waals surface area (Å²) in [4.78, 5) is 0. The lowest BCUT2D eigenvalue weighted by molar-refractivity contribution is 0.221. The van der Waals surface area contributed by atoms with E-state index in [4.69, 9.17) is 5.11 Å². The molecule has 80 valence electrons. The Kier molecular flexibility index (Phi) is 2.62. The predicted molar refractivity (Wildman–Crippen MR) is 55.7 cm³/mol. The molecular formula is C12H13FO2. The first-order valence-electron chi connectivity index (χ1n) is 5.00. The maximum Gasteiger partial charge on any atom is 0.115 e. The van der Waals surface area contributed by atoms with Crippen molar-refractivity contribution in [2.45, 2.75) is 24.9 Å². The molecule has 1 aliphatic rings. The molecule has 0 amide bonds. The van der Waals surface area contributed by atoms with Crippen molar-refractivity contribution in [3.8, 4) is 5.75 Å². The SMILES string of the molecule is OC1=CCCC(F)C1c1ccc(O)cc1. The summed E-state index contributed by atoms with van der Waals surface area (Å²) in [7, 11) is 0. The van der Waals surface area contributed by atoms with E-state index < -0.39 is 12.1 Å². The quantitative estimate of drug-likeness (QED) is 0.744. The van der Waals surface area contributed by atoms with Crippen molar-refractivity contribution in [1.29, 1.82) is 0 Å². The third-order valence-corrected chi connectivity index (χ3v) is 2.73. The molecule has 15 heavy (non-hydrogen) atoms. The number of benzene rings is 1. The van der Waals surface area contributed by atoms with Crippen LogP contribution in [0.1, 0.15) is 24.3 Å². The summed E-state index contributed by atoms with van der Waals surface area (Å²) in [6, 6.07) is 6.29. The molecule has 1 aromatic carbocycles. The molecule has 3 heteroatoms. The summed E-state index contributed by atoms with van der Waals surface area (Å²) in [6.45, 7) is 0. The zero-order valence-electron chi connectivity index (χ0n) is 8.23.